The molecule has 1 aromatic carbocycles. The summed E-state index contributed by atoms with van der Waals surface area (Å²) in [5.74, 6) is 0.488. The summed E-state index contributed by atoms with van der Waals surface area (Å²) in [4.78, 5) is 4.33. The van der Waals surface area contributed by atoms with Gasteiger partial charge in [0.25, 0.3) is 0 Å². The SMILES string of the molecule is CCCCOCCCN=C(N)Nc1ccc2c(c1)CCC2. The van der Waals surface area contributed by atoms with Crippen LogP contribution in [0.3, 0.4) is 0 Å². The highest BCUT2D eigenvalue weighted by molar-refractivity contribution is 5.92. The van der Waals surface area contributed by atoms with Crippen molar-refractivity contribution < 1.29 is 4.74 Å². The lowest BCUT2D eigenvalue weighted by atomic mass is 10.1. The monoisotopic (exact) mass is 289 g/mol. The van der Waals surface area contributed by atoms with Gasteiger partial charge in [0, 0.05) is 25.4 Å². The molecule has 1 aromatic rings. The first-order chi connectivity index (χ1) is 10.3. The first-order valence-corrected chi connectivity index (χ1v) is 8.06. The summed E-state index contributed by atoms with van der Waals surface area (Å²) >= 11 is 0. The van der Waals surface area contributed by atoms with Gasteiger partial charge in [-0.1, -0.05) is 19.4 Å². The van der Waals surface area contributed by atoms with Gasteiger partial charge in [0.15, 0.2) is 5.96 Å². The number of fused-ring (bicyclic) bond motifs is 1. The van der Waals surface area contributed by atoms with Crippen LogP contribution in [0.1, 0.15) is 43.7 Å². The molecule has 0 unspecified atom stereocenters. The van der Waals surface area contributed by atoms with Crippen molar-refractivity contribution >= 4 is 11.6 Å². The topological polar surface area (TPSA) is 59.6 Å². The molecule has 0 aliphatic heterocycles. The van der Waals surface area contributed by atoms with Crippen molar-refractivity contribution in [3.05, 3.63) is 29.3 Å². The highest BCUT2D eigenvalue weighted by Crippen LogP contribution is 2.24. The normalized spacial score (nSPS) is 14.2. The number of unbranched alkanes of at least 4 members (excludes halogenated alkanes) is 1. The Morgan fingerprint density at radius 2 is 2.05 bits per heavy atom. The summed E-state index contributed by atoms with van der Waals surface area (Å²) in [6.07, 6.45) is 6.87. The molecule has 21 heavy (non-hydrogen) atoms. The highest BCUT2D eigenvalue weighted by atomic mass is 16.5. The molecule has 0 saturated heterocycles. The van der Waals surface area contributed by atoms with Crippen molar-refractivity contribution in [2.75, 3.05) is 25.1 Å². The molecule has 0 aromatic heterocycles. The van der Waals surface area contributed by atoms with Gasteiger partial charge in [-0.25, -0.2) is 0 Å². The lowest BCUT2D eigenvalue weighted by Crippen LogP contribution is -2.23. The van der Waals surface area contributed by atoms with E-state index >= 15 is 0 Å². The minimum absolute atomic E-state index is 0.488. The molecule has 1 aliphatic rings. The second kappa shape index (κ2) is 8.67. The molecule has 0 fully saturated rings. The third-order valence-electron chi connectivity index (χ3n) is 3.74. The van der Waals surface area contributed by atoms with Crippen LogP contribution in [0.25, 0.3) is 0 Å². The van der Waals surface area contributed by atoms with Crippen molar-refractivity contribution in [1.29, 1.82) is 0 Å². The minimum Gasteiger partial charge on any atom is -0.381 e. The standard InChI is InChI=1S/C17H27N3O/c1-2-3-11-21-12-5-10-19-17(18)20-16-9-8-14-6-4-7-15(14)13-16/h8-9,13H,2-7,10-12H2,1H3,(H3,18,19,20). The Labute approximate surface area is 127 Å². The number of nitrogens with one attached hydrogen (secondary N) is 1. The van der Waals surface area contributed by atoms with Crippen LogP contribution < -0.4 is 11.1 Å². The largest absolute Gasteiger partial charge is 0.381 e. The molecule has 0 saturated carbocycles. The predicted molar refractivity (Wildman–Crippen MR) is 88.9 cm³/mol. The molecular weight excluding hydrogens is 262 g/mol. The van der Waals surface area contributed by atoms with Crippen LogP contribution >= 0.6 is 0 Å². The zero-order chi connectivity index (χ0) is 14.9. The molecule has 1 aliphatic carbocycles. The van der Waals surface area contributed by atoms with Crippen molar-refractivity contribution in [1.82, 2.24) is 0 Å². The Morgan fingerprint density at radius 3 is 2.90 bits per heavy atom. The summed E-state index contributed by atoms with van der Waals surface area (Å²) in [6, 6.07) is 6.47. The van der Waals surface area contributed by atoms with Crippen LogP contribution in [-0.2, 0) is 17.6 Å². The van der Waals surface area contributed by atoms with E-state index in [1.165, 1.54) is 36.8 Å². The summed E-state index contributed by atoms with van der Waals surface area (Å²) in [5, 5.41) is 3.17. The molecule has 3 N–H and O–H groups in total. The van der Waals surface area contributed by atoms with Gasteiger partial charge in [0.2, 0.25) is 0 Å². The molecule has 0 radical (unpaired) electrons. The fourth-order valence-electron chi connectivity index (χ4n) is 2.55. The van der Waals surface area contributed by atoms with E-state index in [0.29, 0.717) is 12.5 Å². The zero-order valence-corrected chi connectivity index (χ0v) is 13.0. The van der Waals surface area contributed by atoms with Crippen molar-refractivity contribution in [2.45, 2.75) is 45.4 Å². The second-order valence-electron chi connectivity index (χ2n) is 5.55. The Kier molecular flexibility index (Phi) is 6.54. The van der Waals surface area contributed by atoms with E-state index in [1.807, 2.05) is 0 Å². The Bertz CT molecular complexity index is 471. The maximum atomic E-state index is 5.91. The number of hydrogen-bond donors (Lipinski definition) is 2. The lowest BCUT2D eigenvalue weighted by Gasteiger charge is -2.08. The Balaban J connectivity index is 1.68. The molecule has 4 heteroatoms. The number of nitrogens with two attached hydrogens (primary N) is 1. The van der Waals surface area contributed by atoms with Gasteiger partial charge in [0.05, 0.1) is 0 Å². The average molecular weight is 289 g/mol. The van der Waals surface area contributed by atoms with E-state index in [4.69, 9.17) is 10.5 Å². The van der Waals surface area contributed by atoms with Crippen molar-refractivity contribution in [3.63, 3.8) is 0 Å². The van der Waals surface area contributed by atoms with Gasteiger partial charge in [-0.15, -0.1) is 0 Å². The van der Waals surface area contributed by atoms with Crippen molar-refractivity contribution in [3.8, 4) is 0 Å². The van der Waals surface area contributed by atoms with E-state index in [0.717, 1.165) is 31.7 Å². The van der Waals surface area contributed by atoms with Gasteiger partial charge < -0.3 is 15.8 Å². The number of benzene rings is 1. The van der Waals surface area contributed by atoms with E-state index in [1.54, 1.807) is 0 Å². The van der Waals surface area contributed by atoms with Crippen LogP contribution in [0, 0.1) is 0 Å². The van der Waals surface area contributed by atoms with Gasteiger partial charge in [0.1, 0.15) is 0 Å². The van der Waals surface area contributed by atoms with Gasteiger partial charge in [-0.2, -0.15) is 0 Å². The molecule has 0 heterocycles. The fourth-order valence-corrected chi connectivity index (χ4v) is 2.55. The van der Waals surface area contributed by atoms with Crippen molar-refractivity contribution in [2.24, 2.45) is 10.7 Å². The van der Waals surface area contributed by atoms with Crippen LogP contribution in [0.5, 0.6) is 0 Å². The number of hydrogen-bond acceptors (Lipinski definition) is 2. The first-order valence-electron chi connectivity index (χ1n) is 8.06. The maximum Gasteiger partial charge on any atom is 0.193 e. The number of rotatable bonds is 8. The van der Waals surface area contributed by atoms with Gasteiger partial charge >= 0.3 is 0 Å². The Hall–Kier alpha value is -1.55. The molecule has 2 rings (SSSR count). The maximum absolute atomic E-state index is 5.91. The summed E-state index contributed by atoms with van der Waals surface area (Å²) in [6.45, 7) is 4.48. The summed E-state index contributed by atoms with van der Waals surface area (Å²) < 4.78 is 5.49. The van der Waals surface area contributed by atoms with Crippen LogP contribution in [0.15, 0.2) is 23.2 Å². The van der Waals surface area contributed by atoms with E-state index in [9.17, 15) is 0 Å². The molecule has 0 spiro atoms. The van der Waals surface area contributed by atoms with E-state index in [2.05, 4.69) is 35.4 Å². The molecule has 4 nitrogen and oxygen atoms in total. The van der Waals surface area contributed by atoms with E-state index < -0.39 is 0 Å². The predicted octanol–water partition coefficient (Wildman–Crippen LogP) is 3.11. The quantitative estimate of drug-likeness (QED) is 0.439. The molecular formula is C17H27N3O. The number of guanidine groups is 1. The number of aliphatic imine (C=N–C) groups is 1. The number of nitrogens with zero attached hydrogens (tertiary/aromatic N) is 1. The van der Waals surface area contributed by atoms with Crippen LogP contribution in [0.4, 0.5) is 5.69 Å². The van der Waals surface area contributed by atoms with Crippen LogP contribution in [0.2, 0.25) is 0 Å². The smallest absolute Gasteiger partial charge is 0.193 e. The van der Waals surface area contributed by atoms with Gasteiger partial charge in [-0.05, 0) is 55.4 Å². The minimum atomic E-state index is 0.488. The van der Waals surface area contributed by atoms with Gasteiger partial charge in [-0.3, -0.25) is 4.99 Å². The lowest BCUT2D eigenvalue weighted by molar-refractivity contribution is 0.130. The number of anilines is 1. The molecule has 0 amide bonds. The zero-order valence-electron chi connectivity index (χ0n) is 13.0. The Morgan fingerprint density at radius 1 is 1.24 bits per heavy atom. The fraction of sp³-hybridized carbons (Fsp3) is 0.588. The summed E-state index contributed by atoms with van der Waals surface area (Å²) in [7, 11) is 0. The molecule has 0 bridgehead atoms. The third-order valence-corrected chi connectivity index (χ3v) is 3.74. The summed E-state index contributed by atoms with van der Waals surface area (Å²) in [5.41, 5.74) is 9.86. The highest BCUT2D eigenvalue weighted by Gasteiger charge is 2.10. The molecule has 116 valence electrons. The third kappa shape index (κ3) is 5.38. The average Bonchev–Trinajstić information content (AvgIpc) is 2.94. The first kappa shape index (κ1) is 15.8. The molecule has 0 atom stereocenters. The number of aryl methyl sites for hydroxylation is 2. The van der Waals surface area contributed by atoms with Crippen LogP contribution in [-0.4, -0.2) is 25.7 Å². The number of ether oxygens (including phenoxy) is 1. The van der Waals surface area contributed by atoms with E-state index in [-0.39, 0.29) is 0 Å². The second-order valence-corrected chi connectivity index (χ2v) is 5.55.